The summed E-state index contributed by atoms with van der Waals surface area (Å²) in [4.78, 5) is 12.2. The SMILES string of the molecule is CCC(CC(N)=NO)NC(=O)C1COc2ccccc2O1. The van der Waals surface area contributed by atoms with Gasteiger partial charge in [0.25, 0.3) is 5.91 Å². The number of amides is 1. The maximum Gasteiger partial charge on any atom is 0.264 e. The van der Waals surface area contributed by atoms with Crippen LogP contribution in [-0.2, 0) is 4.79 Å². The second-order valence-electron chi connectivity index (χ2n) is 4.77. The molecule has 1 amide bonds. The van der Waals surface area contributed by atoms with Gasteiger partial charge >= 0.3 is 0 Å². The van der Waals surface area contributed by atoms with Crippen LogP contribution in [0, 0.1) is 0 Å². The first-order valence-electron chi connectivity index (χ1n) is 6.79. The molecule has 4 N–H and O–H groups in total. The van der Waals surface area contributed by atoms with Gasteiger partial charge < -0.3 is 25.7 Å². The second-order valence-corrected chi connectivity index (χ2v) is 4.77. The third kappa shape index (κ3) is 3.77. The van der Waals surface area contributed by atoms with E-state index in [9.17, 15) is 4.79 Å². The first-order chi connectivity index (χ1) is 10.1. The number of benzene rings is 1. The molecule has 114 valence electrons. The van der Waals surface area contributed by atoms with E-state index in [0.717, 1.165) is 0 Å². The molecule has 2 rings (SSSR count). The molecular weight excluding hydrogens is 274 g/mol. The number of nitrogens with zero attached hydrogens (tertiary/aromatic N) is 1. The fourth-order valence-corrected chi connectivity index (χ4v) is 2.03. The fourth-order valence-electron chi connectivity index (χ4n) is 2.03. The number of ether oxygens (including phenoxy) is 2. The van der Waals surface area contributed by atoms with Crippen LogP contribution in [-0.4, -0.2) is 35.7 Å². The number of amidine groups is 1. The molecule has 2 atom stereocenters. The third-order valence-corrected chi connectivity index (χ3v) is 3.22. The zero-order valence-electron chi connectivity index (χ0n) is 11.8. The van der Waals surface area contributed by atoms with Gasteiger partial charge in [0.2, 0.25) is 6.10 Å². The number of nitrogens with two attached hydrogens (primary N) is 1. The van der Waals surface area contributed by atoms with E-state index >= 15 is 0 Å². The van der Waals surface area contributed by atoms with Gasteiger partial charge in [0, 0.05) is 12.5 Å². The third-order valence-electron chi connectivity index (χ3n) is 3.22. The van der Waals surface area contributed by atoms with Crippen LogP contribution in [0.2, 0.25) is 0 Å². The normalized spacial score (nSPS) is 18.9. The van der Waals surface area contributed by atoms with Crippen LogP contribution >= 0.6 is 0 Å². The summed E-state index contributed by atoms with van der Waals surface area (Å²) >= 11 is 0. The Bertz CT molecular complexity index is 533. The lowest BCUT2D eigenvalue weighted by atomic mass is 10.1. The van der Waals surface area contributed by atoms with Crippen molar-refractivity contribution in [1.82, 2.24) is 5.32 Å². The highest BCUT2D eigenvalue weighted by Crippen LogP contribution is 2.30. The molecule has 0 saturated heterocycles. The average molecular weight is 293 g/mol. The fraction of sp³-hybridized carbons (Fsp3) is 0.429. The van der Waals surface area contributed by atoms with E-state index in [1.807, 2.05) is 19.1 Å². The first-order valence-corrected chi connectivity index (χ1v) is 6.79. The Labute approximate surface area is 122 Å². The average Bonchev–Trinajstić information content (AvgIpc) is 2.53. The zero-order chi connectivity index (χ0) is 15.2. The number of hydrogen-bond donors (Lipinski definition) is 3. The molecule has 2 unspecified atom stereocenters. The van der Waals surface area contributed by atoms with Crippen LogP contribution in [0.4, 0.5) is 0 Å². The molecular formula is C14H19N3O4. The van der Waals surface area contributed by atoms with Crippen molar-refractivity contribution in [3.63, 3.8) is 0 Å². The van der Waals surface area contributed by atoms with Crippen molar-refractivity contribution in [3.8, 4) is 11.5 Å². The Morgan fingerprint density at radius 2 is 2.24 bits per heavy atom. The monoisotopic (exact) mass is 293 g/mol. The number of carbonyl (C=O) groups excluding carboxylic acids is 1. The van der Waals surface area contributed by atoms with E-state index in [0.29, 0.717) is 17.9 Å². The summed E-state index contributed by atoms with van der Waals surface area (Å²) in [7, 11) is 0. The molecule has 0 aromatic heterocycles. The minimum Gasteiger partial charge on any atom is -0.485 e. The van der Waals surface area contributed by atoms with Gasteiger partial charge in [0.1, 0.15) is 12.4 Å². The van der Waals surface area contributed by atoms with Crippen LogP contribution in [0.5, 0.6) is 11.5 Å². The van der Waals surface area contributed by atoms with Gasteiger partial charge in [-0.1, -0.05) is 24.2 Å². The largest absolute Gasteiger partial charge is 0.485 e. The second kappa shape index (κ2) is 6.83. The van der Waals surface area contributed by atoms with Crippen LogP contribution in [0.25, 0.3) is 0 Å². The predicted molar refractivity (Wildman–Crippen MR) is 76.6 cm³/mol. The molecule has 0 bridgehead atoms. The van der Waals surface area contributed by atoms with Gasteiger partial charge in [-0.25, -0.2) is 0 Å². The van der Waals surface area contributed by atoms with Crippen molar-refractivity contribution < 1.29 is 19.5 Å². The molecule has 1 aliphatic heterocycles. The summed E-state index contributed by atoms with van der Waals surface area (Å²) in [5.74, 6) is 0.981. The highest BCUT2D eigenvalue weighted by molar-refractivity contribution is 5.84. The van der Waals surface area contributed by atoms with Crippen molar-refractivity contribution in [2.45, 2.75) is 31.9 Å². The highest BCUT2D eigenvalue weighted by Gasteiger charge is 2.28. The summed E-state index contributed by atoms with van der Waals surface area (Å²) < 4.78 is 11.1. The predicted octanol–water partition coefficient (Wildman–Crippen LogP) is 0.858. The molecule has 7 nitrogen and oxygen atoms in total. The summed E-state index contributed by atoms with van der Waals surface area (Å²) in [5, 5.41) is 14.3. The minimum atomic E-state index is -0.707. The Kier molecular flexibility index (Phi) is 4.86. The van der Waals surface area contributed by atoms with E-state index in [-0.39, 0.29) is 30.8 Å². The molecule has 0 aliphatic carbocycles. The molecule has 1 heterocycles. The lowest BCUT2D eigenvalue weighted by molar-refractivity contribution is -0.131. The maximum absolute atomic E-state index is 12.2. The smallest absolute Gasteiger partial charge is 0.264 e. The summed E-state index contributed by atoms with van der Waals surface area (Å²) in [6.45, 7) is 2.06. The van der Waals surface area contributed by atoms with Crippen molar-refractivity contribution in [1.29, 1.82) is 0 Å². The van der Waals surface area contributed by atoms with Crippen molar-refractivity contribution in [2.75, 3.05) is 6.61 Å². The highest BCUT2D eigenvalue weighted by atomic mass is 16.6. The van der Waals surface area contributed by atoms with Gasteiger partial charge in [-0.2, -0.15) is 0 Å². The van der Waals surface area contributed by atoms with Gasteiger partial charge in [0.05, 0.1) is 0 Å². The van der Waals surface area contributed by atoms with E-state index in [1.165, 1.54) is 0 Å². The van der Waals surface area contributed by atoms with Gasteiger partial charge in [0.15, 0.2) is 11.5 Å². The van der Waals surface area contributed by atoms with Gasteiger partial charge in [-0.05, 0) is 18.6 Å². The Balaban J connectivity index is 1.95. The number of nitrogens with one attached hydrogen (secondary N) is 1. The van der Waals surface area contributed by atoms with Crippen molar-refractivity contribution in [3.05, 3.63) is 24.3 Å². The number of hydrogen-bond acceptors (Lipinski definition) is 5. The van der Waals surface area contributed by atoms with Crippen LogP contribution in [0.15, 0.2) is 29.4 Å². The summed E-state index contributed by atoms with van der Waals surface area (Å²) in [6, 6.07) is 6.98. The Hall–Kier alpha value is -2.44. The summed E-state index contributed by atoms with van der Waals surface area (Å²) in [6.07, 6.45) is 0.232. The molecule has 21 heavy (non-hydrogen) atoms. The van der Waals surface area contributed by atoms with E-state index in [1.54, 1.807) is 12.1 Å². The van der Waals surface area contributed by atoms with E-state index in [2.05, 4.69) is 10.5 Å². The Morgan fingerprint density at radius 1 is 1.52 bits per heavy atom. The lowest BCUT2D eigenvalue weighted by Gasteiger charge is -2.27. The maximum atomic E-state index is 12.2. The van der Waals surface area contributed by atoms with Crippen LogP contribution < -0.4 is 20.5 Å². The van der Waals surface area contributed by atoms with Gasteiger partial charge in [-0.15, -0.1) is 0 Å². The standard InChI is InChI=1S/C14H19N3O4/c1-2-9(7-13(15)17-19)16-14(18)12-8-20-10-5-3-4-6-11(10)21-12/h3-6,9,12,19H,2,7-8H2,1H3,(H2,15,17)(H,16,18). The summed E-state index contributed by atoms with van der Waals surface area (Å²) in [5.41, 5.74) is 5.46. The van der Waals surface area contributed by atoms with Crippen molar-refractivity contribution >= 4 is 11.7 Å². The first kappa shape index (κ1) is 15.0. The van der Waals surface area contributed by atoms with E-state index < -0.39 is 6.10 Å². The quantitative estimate of drug-likeness (QED) is 0.323. The number of oxime groups is 1. The van der Waals surface area contributed by atoms with Crippen LogP contribution in [0.1, 0.15) is 19.8 Å². The number of para-hydroxylation sites is 2. The molecule has 1 aromatic carbocycles. The molecule has 0 saturated carbocycles. The molecule has 1 aliphatic rings. The lowest BCUT2D eigenvalue weighted by Crippen LogP contribution is -2.48. The molecule has 0 radical (unpaired) electrons. The topological polar surface area (TPSA) is 106 Å². The number of carbonyl (C=O) groups is 1. The molecule has 0 spiro atoms. The molecule has 1 aromatic rings. The van der Waals surface area contributed by atoms with Gasteiger partial charge in [-0.3, -0.25) is 4.79 Å². The number of rotatable bonds is 5. The van der Waals surface area contributed by atoms with Crippen LogP contribution in [0.3, 0.4) is 0 Å². The van der Waals surface area contributed by atoms with Crippen molar-refractivity contribution in [2.24, 2.45) is 10.9 Å². The Morgan fingerprint density at radius 3 is 2.90 bits per heavy atom. The molecule has 7 heteroatoms. The zero-order valence-corrected chi connectivity index (χ0v) is 11.8. The minimum absolute atomic E-state index is 0.0771. The molecule has 0 fully saturated rings. The van der Waals surface area contributed by atoms with E-state index in [4.69, 9.17) is 20.4 Å². The number of fused-ring (bicyclic) bond motifs is 1.